The SMILES string of the molecule is O=C(COCC(F)(F)F)NCC(O)C1CC1. The molecule has 0 spiro atoms. The summed E-state index contributed by atoms with van der Waals surface area (Å²) in [5, 5.41) is 11.7. The van der Waals surface area contributed by atoms with Crippen molar-refractivity contribution in [2.45, 2.75) is 25.1 Å². The maximum atomic E-state index is 11.6. The van der Waals surface area contributed by atoms with Gasteiger partial charge in [-0.15, -0.1) is 0 Å². The van der Waals surface area contributed by atoms with E-state index in [1.54, 1.807) is 0 Å². The van der Waals surface area contributed by atoms with E-state index in [4.69, 9.17) is 0 Å². The molecule has 1 fully saturated rings. The third kappa shape index (κ3) is 5.92. The number of nitrogens with one attached hydrogen (secondary N) is 1. The van der Waals surface area contributed by atoms with Crippen LogP contribution in [-0.2, 0) is 9.53 Å². The van der Waals surface area contributed by atoms with Crippen molar-refractivity contribution in [3.05, 3.63) is 0 Å². The Balaban J connectivity index is 2.02. The average Bonchev–Trinajstić information content (AvgIpc) is 2.95. The third-order valence-corrected chi connectivity index (χ3v) is 2.17. The normalized spacial score (nSPS) is 18.2. The molecule has 94 valence electrons. The summed E-state index contributed by atoms with van der Waals surface area (Å²) >= 11 is 0. The first kappa shape index (κ1) is 13.2. The molecule has 0 aliphatic heterocycles. The monoisotopic (exact) mass is 241 g/mol. The van der Waals surface area contributed by atoms with Crippen molar-refractivity contribution >= 4 is 5.91 Å². The van der Waals surface area contributed by atoms with Gasteiger partial charge in [0.2, 0.25) is 5.91 Å². The van der Waals surface area contributed by atoms with Crippen LogP contribution in [0.2, 0.25) is 0 Å². The average molecular weight is 241 g/mol. The van der Waals surface area contributed by atoms with Crippen LogP contribution in [0.5, 0.6) is 0 Å². The molecule has 7 heteroatoms. The highest BCUT2D eigenvalue weighted by molar-refractivity contribution is 5.77. The van der Waals surface area contributed by atoms with Crippen LogP contribution in [-0.4, -0.2) is 43.1 Å². The Kier molecular flexibility index (Phi) is 4.55. The van der Waals surface area contributed by atoms with Crippen molar-refractivity contribution in [1.82, 2.24) is 5.32 Å². The molecule has 1 aliphatic carbocycles. The molecule has 0 heterocycles. The number of hydrogen-bond donors (Lipinski definition) is 2. The zero-order chi connectivity index (χ0) is 12.2. The van der Waals surface area contributed by atoms with Gasteiger partial charge >= 0.3 is 6.18 Å². The first-order valence-electron chi connectivity index (χ1n) is 4.98. The van der Waals surface area contributed by atoms with E-state index in [-0.39, 0.29) is 12.5 Å². The van der Waals surface area contributed by atoms with Gasteiger partial charge in [-0.3, -0.25) is 4.79 Å². The van der Waals surface area contributed by atoms with Crippen LogP contribution in [0, 0.1) is 5.92 Å². The largest absolute Gasteiger partial charge is 0.411 e. The molecule has 0 radical (unpaired) electrons. The van der Waals surface area contributed by atoms with E-state index in [1.807, 2.05) is 0 Å². The topological polar surface area (TPSA) is 58.6 Å². The highest BCUT2D eigenvalue weighted by Gasteiger charge is 2.30. The molecule has 0 aromatic heterocycles. The summed E-state index contributed by atoms with van der Waals surface area (Å²) < 4.78 is 39.1. The van der Waals surface area contributed by atoms with E-state index in [0.717, 1.165) is 12.8 Å². The molecule has 0 aromatic carbocycles. The Morgan fingerprint density at radius 1 is 1.50 bits per heavy atom. The van der Waals surface area contributed by atoms with E-state index in [1.165, 1.54) is 0 Å². The van der Waals surface area contributed by atoms with Crippen LogP contribution in [0.4, 0.5) is 13.2 Å². The second-order valence-electron chi connectivity index (χ2n) is 3.82. The summed E-state index contributed by atoms with van der Waals surface area (Å²) in [6, 6.07) is 0. The molecule has 1 atom stereocenters. The highest BCUT2D eigenvalue weighted by atomic mass is 19.4. The van der Waals surface area contributed by atoms with Crippen molar-refractivity contribution < 1.29 is 27.8 Å². The van der Waals surface area contributed by atoms with Gasteiger partial charge in [0.05, 0.1) is 6.10 Å². The Hall–Kier alpha value is -0.820. The molecule has 1 saturated carbocycles. The number of ether oxygens (including phenoxy) is 1. The van der Waals surface area contributed by atoms with Gasteiger partial charge in [-0.2, -0.15) is 13.2 Å². The van der Waals surface area contributed by atoms with Gasteiger partial charge in [0.25, 0.3) is 0 Å². The van der Waals surface area contributed by atoms with Gasteiger partial charge in [-0.1, -0.05) is 0 Å². The molecule has 1 unspecified atom stereocenters. The van der Waals surface area contributed by atoms with Crippen molar-refractivity contribution in [3.8, 4) is 0 Å². The van der Waals surface area contributed by atoms with Crippen LogP contribution in [0.25, 0.3) is 0 Å². The molecular weight excluding hydrogens is 227 g/mol. The minimum Gasteiger partial charge on any atom is -0.391 e. The molecule has 0 aromatic rings. The Morgan fingerprint density at radius 2 is 2.12 bits per heavy atom. The predicted molar refractivity (Wildman–Crippen MR) is 48.6 cm³/mol. The van der Waals surface area contributed by atoms with Crippen LogP contribution in [0.15, 0.2) is 0 Å². The summed E-state index contributed by atoms with van der Waals surface area (Å²) in [6.45, 7) is -2.01. The molecule has 2 N–H and O–H groups in total. The predicted octanol–water partition coefficient (Wildman–Crippen LogP) is 0.452. The van der Waals surface area contributed by atoms with Crippen LogP contribution >= 0.6 is 0 Å². The molecular formula is C9H14F3NO3. The lowest BCUT2D eigenvalue weighted by atomic mass is 10.2. The smallest absolute Gasteiger partial charge is 0.391 e. The number of carbonyl (C=O) groups is 1. The molecule has 1 aliphatic rings. The number of carbonyl (C=O) groups excluding carboxylic acids is 1. The highest BCUT2D eigenvalue weighted by Crippen LogP contribution is 2.32. The molecule has 0 saturated heterocycles. The van der Waals surface area contributed by atoms with E-state index >= 15 is 0 Å². The number of halogens is 3. The lowest BCUT2D eigenvalue weighted by Crippen LogP contribution is -2.36. The lowest BCUT2D eigenvalue weighted by Gasteiger charge is -2.11. The molecule has 16 heavy (non-hydrogen) atoms. The zero-order valence-electron chi connectivity index (χ0n) is 8.59. The second kappa shape index (κ2) is 5.49. The number of aliphatic hydroxyl groups excluding tert-OH is 1. The summed E-state index contributed by atoms with van der Waals surface area (Å²) in [7, 11) is 0. The van der Waals surface area contributed by atoms with E-state index in [0.29, 0.717) is 0 Å². The summed E-state index contributed by atoms with van der Waals surface area (Å²) in [5.74, 6) is -0.430. The fourth-order valence-electron chi connectivity index (χ4n) is 1.18. The van der Waals surface area contributed by atoms with Gasteiger partial charge in [0.15, 0.2) is 0 Å². The summed E-state index contributed by atoms with van der Waals surface area (Å²) in [5.41, 5.74) is 0. The number of alkyl halides is 3. The first-order valence-corrected chi connectivity index (χ1v) is 4.98. The third-order valence-electron chi connectivity index (χ3n) is 2.17. The standard InChI is InChI=1S/C9H14F3NO3/c10-9(11,12)5-16-4-8(15)13-3-7(14)6-1-2-6/h6-7,14H,1-5H2,(H,13,15). The van der Waals surface area contributed by atoms with Gasteiger partial charge in [0.1, 0.15) is 13.2 Å². The fourth-order valence-corrected chi connectivity index (χ4v) is 1.18. The van der Waals surface area contributed by atoms with E-state index in [2.05, 4.69) is 10.1 Å². The van der Waals surface area contributed by atoms with Crippen molar-refractivity contribution in [2.75, 3.05) is 19.8 Å². The van der Waals surface area contributed by atoms with Crippen LogP contribution in [0.3, 0.4) is 0 Å². The van der Waals surface area contributed by atoms with Crippen LogP contribution < -0.4 is 5.32 Å². The quantitative estimate of drug-likeness (QED) is 0.710. The Morgan fingerprint density at radius 3 is 2.62 bits per heavy atom. The van der Waals surface area contributed by atoms with Crippen molar-refractivity contribution in [1.29, 1.82) is 0 Å². The zero-order valence-corrected chi connectivity index (χ0v) is 8.59. The van der Waals surface area contributed by atoms with Crippen LogP contribution in [0.1, 0.15) is 12.8 Å². The summed E-state index contributed by atoms with van der Waals surface area (Å²) in [6.07, 6.45) is -3.16. The molecule has 1 amide bonds. The van der Waals surface area contributed by atoms with Crippen molar-refractivity contribution in [3.63, 3.8) is 0 Å². The molecule has 0 bridgehead atoms. The van der Waals surface area contributed by atoms with Gasteiger partial charge in [-0.05, 0) is 18.8 Å². The molecule has 1 rings (SSSR count). The second-order valence-corrected chi connectivity index (χ2v) is 3.82. The number of aliphatic hydroxyl groups is 1. The minimum absolute atomic E-state index is 0.0683. The van der Waals surface area contributed by atoms with Gasteiger partial charge in [0, 0.05) is 6.54 Å². The Bertz CT molecular complexity index is 241. The van der Waals surface area contributed by atoms with Crippen molar-refractivity contribution in [2.24, 2.45) is 5.92 Å². The number of hydrogen-bond acceptors (Lipinski definition) is 3. The summed E-state index contributed by atoms with van der Waals surface area (Å²) in [4.78, 5) is 11.0. The molecule has 4 nitrogen and oxygen atoms in total. The van der Waals surface area contributed by atoms with E-state index in [9.17, 15) is 23.1 Å². The number of amides is 1. The minimum atomic E-state index is -4.42. The maximum Gasteiger partial charge on any atom is 0.411 e. The van der Waals surface area contributed by atoms with E-state index < -0.39 is 31.4 Å². The first-order chi connectivity index (χ1) is 7.38. The lowest BCUT2D eigenvalue weighted by molar-refractivity contribution is -0.175. The van der Waals surface area contributed by atoms with Gasteiger partial charge in [-0.25, -0.2) is 0 Å². The van der Waals surface area contributed by atoms with Gasteiger partial charge < -0.3 is 15.2 Å². The number of rotatable bonds is 6. The fraction of sp³-hybridized carbons (Fsp3) is 0.889. The Labute approximate surface area is 90.8 Å². The maximum absolute atomic E-state index is 11.6.